The van der Waals surface area contributed by atoms with Crippen LogP contribution in [0.25, 0.3) is 11.4 Å². The van der Waals surface area contributed by atoms with Gasteiger partial charge in [-0.2, -0.15) is 13.4 Å². The highest BCUT2D eigenvalue weighted by atomic mass is 35.5. The highest BCUT2D eigenvalue weighted by molar-refractivity contribution is 7.85. The van der Waals surface area contributed by atoms with Gasteiger partial charge in [0.05, 0.1) is 18.1 Å². The average molecular weight is 509 g/mol. The number of halogens is 2. The predicted octanol–water partition coefficient (Wildman–Crippen LogP) is 5.10. The Labute approximate surface area is 202 Å². The largest absolute Gasteiger partial charge is 0.437 e. The second-order valence-corrected chi connectivity index (χ2v) is 10.2. The number of nitrogens with zero attached hydrogens (tertiary/aromatic N) is 4. The number of rotatable bonds is 7. The zero-order valence-electron chi connectivity index (χ0n) is 17.9. The van der Waals surface area contributed by atoms with E-state index in [4.69, 9.17) is 32.1 Å². The topological polar surface area (TPSA) is 94.5 Å². The minimum absolute atomic E-state index is 0.204. The van der Waals surface area contributed by atoms with Crippen molar-refractivity contribution in [1.82, 2.24) is 15.0 Å². The number of piperidine rings is 1. The van der Waals surface area contributed by atoms with Crippen LogP contribution in [-0.2, 0) is 20.9 Å². The molecule has 11 heteroatoms. The van der Waals surface area contributed by atoms with Crippen molar-refractivity contribution in [3.8, 4) is 23.0 Å². The van der Waals surface area contributed by atoms with Crippen LogP contribution in [0.5, 0.6) is 11.6 Å². The summed E-state index contributed by atoms with van der Waals surface area (Å²) >= 11 is 12.2. The second kappa shape index (κ2) is 10.2. The summed E-state index contributed by atoms with van der Waals surface area (Å²) in [6.45, 7) is 1.72. The van der Waals surface area contributed by atoms with E-state index in [2.05, 4.69) is 19.9 Å². The first-order valence-electron chi connectivity index (χ1n) is 10.3. The molecule has 0 saturated carbocycles. The summed E-state index contributed by atoms with van der Waals surface area (Å²) in [4.78, 5) is 15.6. The molecule has 2 aromatic heterocycles. The van der Waals surface area contributed by atoms with Gasteiger partial charge in [0.1, 0.15) is 18.2 Å². The minimum Gasteiger partial charge on any atom is -0.437 e. The van der Waals surface area contributed by atoms with Gasteiger partial charge in [-0.25, -0.2) is 9.97 Å². The Hall–Kier alpha value is -2.46. The van der Waals surface area contributed by atoms with Crippen LogP contribution in [0.15, 0.2) is 42.6 Å². The number of pyridine rings is 1. The van der Waals surface area contributed by atoms with Crippen LogP contribution in [0.3, 0.4) is 0 Å². The Balaban J connectivity index is 1.61. The summed E-state index contributed by atoms with van der Waals surface area (Å²) in [6, 6.07) is 10.1. The number of benzene rings is 1. The van der Waals surface area contributed by atoms with Crippen LogP contribution in [0.1, 0.15) is 25.0 Å². The van der Waals surface area contributed by atoms with Crippen LogP contribution < -0.4 is 9.64 Å². The Kier molecular flexibility index (Phi) is 7.33. The molecule has 4 rings (SSSR count). The third-order valence-electron chi connectivity index (χ3n) is 4.92. The molecule has 33 heavy (non-hydrogen) atoms. The summed E-state index contributed by atoms with van der Waals surface area (Å²) in [5, 5.41) is 0.831. The summed E-state index contributed by atoms with van der Waals surface area (Å²) in [6.07, 6.45) is 6.18. The standard InChI is InChI=1S/C22H22Cl2N4O4S/c1-33(29,30)31-14-18-12-21(27-22(26-18)15-9-16(23)11-17(24)10-15)32-19-5-6-20(25-13-19)28-7-3-2-4-8-28/h5-6,9-13H,2-4,7-8,14H2,1H3. The second-order valence-electron chi connectivity index (χ2n) is 7.65. The number of anilines is 1. The number of hydrogen-bond acceptors (Lipinski definition) is 8. The molecule has 0 N–H and O–H groups in total. The van der Waals surface area contributed by atoms with Crippen molar-refractivity contribution >= 4 is 39.1 Å². The zero-order chi connectivity index (χ0) is 23.4. The quantitative estimate of drug-likeness (QED) is 0.406. The van der Waals surface area contributed by atoms with Crippen LogP contribution in [0.2, 0.25) is 10.0 Å². The molecule has 1 aromatic carbocycles. The van der Waals surface area contributed by atoms with E-state index < -0.39 is 10.1 Å². The third kappa shape index (κ3) is 6.77. The molecular weight excluding hydrogens is 487 g/mol. The molecule has 0 atom stereocenters. The summed E-state index contributed by atoms with van der Waals surface area (Å²) < 4.78 is 33.7. The number of aromatic nitrogens is 3. The Morgan fingerprint density at radius 2 is 1.73 bits per heavy atom. The van der Waals surface area contributed by atoms with Crippen molar-refractivity contribution in [2.24, 2.45) is 0 Å². The van der Waals surface area contributed by atoms with Gasteiger partial charge in [-0.05, 0) is 49.6 Å². The first-order valence-corrected chi connectivity index (χ1v) is 12.9. The molecule has 0 bridgehead atoms. The summed E-state index contributed by atoms with van der Waals surface area (Å²) in [5.74, 6) is 1.86. The first kappa shape index (κ1) is 23.7. The third-order valence-corrected chi connectivity index (χ3v) is 5.90. The normalized spacial score (nSPS) is 14.3. The molecule has 0 spiro atoms. The van der Waals surface area contributed by atoms with Gasteiger partial charge in [0.25, 0.3) is 10.1 Å². The van der Waals surface area contributed by atoms with Crippen LogP contribution in [0.4, 0.5) is 5.82 Å². The molecule has 0 radical (unpaired) electrons. The lowest BCUT2D eigenvalue weighted by molar-refractivity contribution is 0.306. The van der Waals surface area contributed by atoms with Crippen LogP contribution >= 0.6 is 23.2 Å². The molecule has 1 saturated heterocycles. The van der Waals surface area contributed by atoms with Crippen molar-refractivity contribution in [2.75, 3.05) is 24.2 Å². The van der Waals surface area contributed by atoms with Gasteiger partial charge in [-0.3, -0.25) is 4.18 Å². The van der Waals surface area contributed by atoms with Crippen molar-refractivity contribution in [3.05, 3.63) is 58.3 Å². The highest BCUT2D eigenvalue weighted by Crippen LogP contribution is 2.29. The summed E-state index contributed by atoms with van der Waals surface area (Å²) in [5.41, 5.74) is 0.867. The Morgan fingerprint density at radius 3 is 2.36 bits per heavy atom. The van der Waals surface area contributed by atoms with Gasteiger partial charge < -0.3 is 9.64 Å². The number of ether oxygens (including phenoxy) is 1. The maximum atomic E-state index is 11.4. The van der Waals surface area contributed by atoms with Crippen molar-refractivity contribution < 1.29 is 17.3 Å². The molecule has 3 heterocycles. The molecule has 0 amide bonds. The zero-order valence-corrected chi connectivity index (χ0v) is 20.2. The smallest absolute Gasteiger partial charge is 0.264 e. The molecule has 1 fully saturated rings. The minimum atomic E-state index is -3.66. The molecule has 0 aliphatic carbocycles. The fraction of sp³-hybridized carbons (Fsp3) is 0.318. The van der Waals surface area contributed by atoms with Gasteiger partial charge in [0.2, 0.25) is 5.88 Å². The molecule has 0 unspecified atom stereocenters. The summed E-state index contributed by atoms with van der Waals surface area (Å²) in [7, 11) is -3.66. The van der Waals surface area contributed by atoms with Gasteiger partial charge in [-0.15, -0.1) is 0 Å². The van der Waals surface area contributed by atoms with Crippen molar-refractivity contribution in [1.29, 1.82) is 0 Å². The highest BCUT2D eigenvalue weighted by Gasteiger charge is 2.14. The maximum Gasteiger partial charge on any atom is 0.264 e. The van der Waals surface area contributed by atoms with E-state index in [9.17, 15) is 8.42 Å². The number of hydrogen-bond donors (Lipinski definition) is 0. The SMILES string of the molecule is CS(=O)(=O)OCc1cc(Oc2ccc(N3CCCCC3)nc2)nc(-c2cc(Cl)cc(Cl)c2)n1. The van der Waals surface area contributed by atoms with Gasteiger partial charge in [0, 0.05) is 34.8 Å². The van der Waals surface area contributed by atoms with Crippen LogP contribution in [0, 0.1) is 0 Å². The maximum absolute atomic E-state index is 11.4. The van der Waals surface area contributed by atoms with Gasteiger partial charge in [0.15, 0.2) is 5.82 Å². The predicted molar refractivity (Wildman–Crippen MR) is 127 cm³/mol. The average Bonchev–Trinajstić information content (AvgIpc) is 2.78. The van der Waals surface area contributed by atoms with Gasteiger partial charge >= 0.3 is 0 Å². The van der Waals surface area contributed by atoms with E-state index in [1.54, 1.807) is 24.4 Å². The lowest BCUT2D eigenvalue weighted by Crippen LogP contribution is -2.29. The fourth-order valence-corrected chi connectivity index (χ4v) is 4.30. The first-order chi connectivity index (χ1) is 15.7. The van der Waals surface area contributed by atoms with E-state index >= 15 is 0 Å². The fourth-order valence-electron chi connectivity index (χ4n) is 3.44. The molecule has 174 valence electrons. The van der Waals surface area contributed by atoms with Crippen molar-refractivity contribution in [2.45, 2.75) is 25.9 Å². The van der Waals surface area contributed by atoms with E-state index in [1.165, 1.54) is 12.5 Å². The molecular formula is C22H22Cl2N4O4S. The molecule has 3 aromatic rings. The van der Waals surface area contributed by atoms with Crippen molar-refractivity contribution in [3.63, 3.8) is 0 Å². The van der Waals surface area contributed by atoms with E-state index in [1.807, 2.05) is 12.1 Å². The molecule has 8 nitrogen and oxygen atoms in total. The molecule has 1 aliphatic heterocycles. The van der Waals surface area contributed by atoms with E-state index in [-0.39, 0.29) is 18.3 Å². The lowest BCUT2D eigenvalue weighted by Gasteiger charge is -2.27. The Morgan fingerprint density at radius 1 is 1.00 bits per heavy atom. The van der Waals surface area contributed by atoms with E-state index in [0.29, 0.717) is 27.1 Å². The van der Waals surface area contributed by atoms with Crippen LogP contribution in [-0.4, -0.2) is 42.7 Å². The molecule has 1 aliphatic rings. The Bertz CT molecular complexity index is 1210. The lowest BCUT2D eigenvalue weighted by atomic mass is 10.1. The van der Waals surface area contributed by atoms with E-state index in [0.717, 1.165) is 38.0 Å². The van der Waals surface area contributed by atoms with Gasteiger partial charge in [-0.1, -0.05) is 23.2 Å². The monoisotopic (exact) mass is 508 g/mol.